The van der Waals surface area contributed by atoms with Gasteiger partial charge >= 0.3 is 0 Å². The molecule has 0 amide bonds. The van der Waals surface area contributed by atoms with Gasteiger partial charge in [0.1, 0.15) is 0 Å². The van der Waals surface area contributed by atoms with Gasteiger partial charge < -0.3 is 19.9 Å². The van der Waals surface area contributed by atoms with Gasteiger partial charge in [-0.2, -0.15) is 0 Å². The molecule has 1 aliphatic carbocycles. The van der Waals surface area contributed by atoms with E-state index in [9.17, 15) is 0 Å². The van der Waals surface area contributed by atoms with Crippen LogP contribution in [-0.2, 0) is 0 Å². The number of hydrogen-bond acceptors (Lipinski definition) is 4. The quantitative estimate of drug-likeness (QED) is 0.768. The molecule has 4 nitrogen and oxygen atoms in total. The summed E-state index contributed by atoms with van der Waals surface area (Å²) in [5.74, 6) is 1.51. The van der Waals surface area contributed by atoms with Gasteiger partial charge in [0.25, 0.3) is 0 Å². The Morgan fingerprint density at radius 3 is 2.50 bits per heavy atom. The summed E-state index contributed by atoms with van der Waals surface area (Å²) >= 11 is 0. The smallest absolute Gasteiger partial charge is 0.161 e. The number of rotatable bonds is 8. The van der Waals surface area contributed by atoms with Gasteiger partial charge in [-0.05, 0) is 49.3 Å². The van der Waals surface area contributed by atoms with E-state index in [1.807, 2.05) is 12.1 Å². The highest BCUT2D eigenvalue weighted by Crippen LogP contribution is 2.48. The van der Waals surface area contributed by atoms with E-state index in [-0.39, 0.29) is 12.6 Å². The summed E-state index contributed by atoms with van der Waals surface area (Å²) in [6, 6.07) is 6.27. The Morgan fingerprint density at radius 1 is 1.25 bits per heavy atom. The molecule has 1 fully saturated rings. The summed E-state index contributed by atoms with van der Waals surface area (Å²) in [5.41, 5.74) is 1.52. The minimum Gasteiger partial charge on any atom is -0.493 e. The normalized spacial score (nSPS) is 17.6. The number of benzene rings is 1. The number of aliphatic hydroxyl groups excluding tert-OH is 1. The van der Waals surface area contributed by atoms with Crippen molar-refractivity contribution in [1.82, 2.24) is 5.32 Å². The average molecular weight is 279 g/mol. The van der Waals surface area contributed by atoms with Crippen LogP contribution in [-0.4, -0.2) is 32.5 Å². The molecule has 0 spiro atoms. The van der Waals surface area contributed by atoms with Crippen LogP contribution in [0.2, 0.25) is 0 Å². The van der Waals surface area contributed by atoms with Crippen LogP contribution in [0.25, 0.3) is 0 Å². The Labute approximate surface area is 121 Å². The van der Waals surface area contributed by atoms with Gasteiger partial charge in [0.05, 0.1) is 14.2 Å². The third-order valence-electron chi connectivity index (χ3n) is 4.29. The zero-order valence-corrected chi connectivity index (χ0v) is 12.6. The molecule has 0 bridgehead atoms. The Hall–Kier alpha value is -1.26. The van der Waals surface area contributed by atoms with Crippen molar-refractivity contribution in [3.63, 3.8) is 0 Å². The molecular weight excluding hydrogens is 254 g/mol. The fraction of sp³-hybridized carbons (Fsp3) is 0.625. The molecule has 0 radical (unpaired) electrons. The molecule has 2 rings (SSSR count). The van der Waals surface area contributed by atoms with Crippen molar-refractivity contribution in [2.45, 2.75) is 32.2 Å². The van der Waals surface area contributed by atoms with Crippen molar-refractivity contribution < 1.29 is 14.6 Å². The average Bonchev–Trinajstić information content (AvgIpc) is 3.24. The molecule has 2 N–H and O–H groups in total. The van der Waals surface area contributed by atoms with Gasteiger partial charge in [-0.15, -0.1) is 0 Å². The van der Waals surface area contributed by atoms with Gasteiger partial charge in [0, 0.05) is 19.2 Å². The third-order valence-corrected chi connectivity index (χ3v) is 4.29. The monoisotopic (exact) mass is 279 g/mol. The Morgan fingerprint density at radius 2 is 1.95 bits per heavy atom. The largest absolute Gasteiger partial charge is 0.493 e. The van der Waals surface area contributed by atoms with E-state index in [0.717, 1.165) is 24.5 Å². The highest BCUT2D eigenvalue weighted by Gasteiger charge is 2.41. The van der Waals surface area contributed by atoms with Crippen molar-refractivity contribution in [3.8, 4) is 11.5 Å². The second-order valence-electron chi connectivity index (χ2n) is 5.69. The number of aliphatic hydroxyl groups is 1. The van der Waals surface area contributed by atoms with Gasteiger partial charge in [-0.25, -0.2) is 0 Å². The SMILES string of the molecule is COc1ccc(C(C)NCC2(CCO)CC2)cc1OC. The van der Waals surface area contributed by atoms with E-state index in [0.29, 0.717) is 5.41 Å². The maximum Gasteiger partial charge on any atom is 0.161 e. The maximum absolute atomic E-state index is 9.09. The lowest BCUT2D eigenvalue weighted by Crippen LogP contribution is -2.27. The summed E-state index contributed by atoms with van der Waals surface area (Å²) in [5, 5.41) is 12.7. The van der Waals surface area contributed by atoms with Crippen molar-refractivity contribution >= 4 is 0 Å². The van der Waals surface area contributed by atoms with E-state index < -0.39 is 0 Å². The van der Waals surface area contributed by atoms with Crippen LogP contribution in [0.4, 0.5) is 0 Å². The lowest BCUT2D eigenvalue weighted by Gasteiger charge is -2.20. The Bertz CT molecular complexity index is 443. The molecule has 1 aliphatic rings. The first-order valence-electron chi connectivity index (χ1n) is 7.20. The van der Waals surface area contributed by atoms with Crippen molar-refractivity contribution in [1.29, 1.82) is 0 Å². The fourth-order valence-corrected chi connectivity index (χ4v) is 2.54. The summed E-state index contributed by atoms with van der Waals surface area (Å²) in [7, 11) is 3.30. The van der Waals surface area contributed by atoms with Crippen LogP contribution in [0.15, 0.2) is 18.2 Å². The molecule has 112 valence electrons. The molecule has 0 aromatic heterocycles. The second kappa shape index (κ2) is 6.46. The molecule has 0 saturated heterocycles. The number of hydrogen-bond donors (Lipinski definition) is 2. The zero-order valence-electron chi connectivity index (χ0n) is 12.6. The van der Waals surface area contributed by atoms with Gasteiger partial charge in [-0.1, -0.05) is 6.07 Å². The summed E-state index contributed by atoms with van der Waals surface area (Å²) < 4.78 is 10.6. The molecule has 1 unspecified atom stereocenters. The first kappa shape index (κ1) is 15.1. The van der Waals surface area contributed by atoms with Gasteiger partial charge in [0.15, 0.2) is 11.5 Å². The molecule has 4 heteroatoms. The molecular formula is C16H25NO3. The highest BCUT2D eigenvalue weighted by molar-refractivity contribution is 5.43. The third kappa shape index (κ3) is 3.44. The molecule has 20 heavy (non-hydrogen) atoms. The van der Waals surface area contributed by atoms with Crippen molar-refractivity contribution in [2.24, 2.45) is 5.41 Å². The molecule has 1 aromatic rings. The van der Waals surface area contributed by atoms with E-state index in [4.69, 9.17) is 14.6 Å². The molecule has 0 aliphatic heterocycles. The zero-order chi connectivity index (χ0) is 14.6. The van der Waals surface area contributed by atoms with Crippen LogP contribution >= 0.6 is 0 Å². The predicted molar refractivity (Wildman–Crippen MR) is 79.3 cm³/mol. The van der Waals surface area contributed by atoms with Crippen LogP contribution < -0.4 is 14.8 Å². The fourth-order valence-electron chi connectivity index (χ4n) is 2.54. The van der Waals surface area contributed by atoms with Crippen LogP contribution in [0.1, 0.15) is 37.8 Å². The van der Waals surface area contributed by atoms with Crippen LogP contribution in [0.5, 0.6) is 11.5 Å². The number of nitrogens with one attached hydrogen (secondary N) is 1. The topological polar surface area (TPSA) is 50.7 Å². The maximum atomic E-state index is 9.09. The van der Waals surface area contributed by atoms with E-state index in [1.165, 1.54) is 18.4 Å². The predicted octanol–water partition coefficient (Wildman–Crippen LogP) is 2.52. The lowest BCUT2D eigenvalue weighted by molar-refractivity contribution is 0.243. The Kier molecular flexibility index (Phi) is 4.89. The van der Waals surface area contributed by atoms with Crippen molar-refractivity contribution in [2.75, 3.05) is 27.4 Å². The summed E-state index contributed by atoms with van der Waals surface area (Å²) in [6.07, 6.45) is 3.34. The van der Waals surface area contributed by atoms with Crippen molar-refractivity contribution in [3.05, 3.63) is 23.8 Å². The molecule has 1 aromatic carbocycles. The first-order chi connectivity index (χ1) is 9.64. The van der Waals surface area contributed by atoms with E-state index >= 15 is 0 Å². The highest BCUT2D eigenvalue weighted by atomic mass is 16.5. The summed E-state index contributed by atoms with van der Waals surface area (Å²) in [4.78, 5) is 0. The van der Waals surface area contributed by atoms with Crippen LogP contribution in [0.3, 0.4) is 0 Å². The van der Waals surface area contributed by atoms with E-state index in [1.54, 1.807) is 14.2 Å². The minimum absolute atomic E-state index is 0.256. The molecule has 1 atom stereocenters. The summed E-state index contributed by atoms with van der Waals surface area (Å²) in [6.45, 7) is 3.39. The molecule has 0 heterocycles. The minimum atomic E-state index is 0.256. The first-order valence-corrected chi connectivity index (χ1v) is 7.20. The number of methoxy groups -OCH3 is 2. The van der Waals surface area contributed by atoms with Gasteiger partial charge in [-0.3, -0.25) is 0 Å². The van der Waals surface area contributed by atoms with Crippen LogP contribution in [0, 0.1) is 5.41 Å². The second-order valence-corrected chi connectivity index (χ2v) is 5.69. The molecule has 1 saturated carbocycles. The van der Waals surface area contributed by atoms with E-state index in [2.05, 4.69) is 18.3 Å². The Balaban J connectivity index is 1.97. The van der Waals surface area contributed by atoms with Gasteiger partial charge in [0.2, 0.25) is 0 Å². The lowest BCUT2D eigenvalue weighted by atomic mass is 10.0. The standard InChI is InChI=1S/C16H25NO3/c1-12(17-11-16(6-7-16)8-9-18)13-4-5-14(19-2)15(10-13)20-3/h4-5,10,12,17-18H,6-9,11H2,1-3H3. The number of ether oxygens (including phenoxy) is 2.